The third-order valence-electron chi connectivity index (χ3n) is 2.04. The fraction of sp³-hybridized carbons (Fsp3) is 0.364. The lowest BCUT2D eigenvalue weighted by Crippen LogP contribution is -2.21. The van der Waals surface area contributed by atoms with Crippen molar-refractivity contribution < 1.29 is 13.9 Å². The summed E-state index contributed by atoms with van der Waals surface area (Å²) in [5.74, 6) is -0.335. The number of halogens is 2. The number of rotatable bonds is 5. The van der Waals surface area contributed by atoms with Crippen LogP contribution in [0.15, 0.2) is 12.1 Å². The lowest BCUT2D eigenvalue weighted by molar-refractivity contribution is 0.112. The van der Waals surface area contributed by atoms with E-state index in [0.717, 1.165) is 0 Å². The molecule has 0 unspecified atom stereocenters. The van der Waals surface area contributed by atoms with E-state index in [0.29, 0.717) is 27.7 Å². The molecule has 88 valence electrons. The molecule has 0 aliphatic heterocycles. The maximum Gasteiger partial charge on any atom is 0.152 e. The van der Waals surface area contributed by atoms with E-state index in [4.69, 9.17) is 4.74 Å². The zero-order chi connectivity index (χ0) is 12.1. The van der Waals surface area contributed by atoms with Gasteiger partial charge in [-0.05, 0) is 41.6 Å². The van der Waals surface area contributed by atoms with Crippen molar-refractivity contribution in [2.24, 2.45) is 0 Å². The number of methoxy groups -OCH3 is 1. The van der Waals surface area contributed by atoms with E-state index >= 15 is 0 Å². The van der Waals surface area contributed by atoms with Crippen molar-refractivity contribution in [3.8, 4) is 0 Å². The fourth-order valence-electron chi connectivity index (χ4n) is 1.34. The van der Waals surface area contributed by atoms with Crippen molar-refractivity contribution in [1.82, 2.24) is 0 Å². The Morgan fingerprint density at radius 2 is 2.31 bits per heavy atom. The largest absolute Gasteiger partial charge is 0.383 e. The Labute approximate surface area is 108 Å². The molecule has 0 amide bonds. The Balaban J connectivity index is 2.94. The number of hydrogen-bond acceptors (Lipinski definition) is 3. The molecule has 16 heavy (non-hydrogen) atoms. The van der Waals surface area contributed by atoms with Crippen LogP contribution in [0.2, 0.25) is 0 Å². The van der Waals surface area contributed by atoms with Crippen LogP contribution in [0.25, 0.3) is 0 Å². The number of carbonyl (C=O) groups is 1. The van der Waals surface area contributed by atoms with Crippen LogP contribution in [0.4, 0.5) is 10.1 Å². The maximum atomic E-state index is 13.3. The van der Waals surface area contributed by atoms with E-state index in [-0.39, 0.29) is 11.9 Å². The van der Waals surface area contributed by atoms with Crippen LogP contribution < -0.4 is 5.32 Å². The summed E-state index contributed by atoms with van der Waals surface area (Å²) in [6.45, 7) is 2.39. The molecule has 0 saturated heterocycles. The first-order valence-electron chi connectivity index (χ1n) is 4.78. The van der Waals surface area contributed by atoms with E-state index in [1.165, 1.54) is 12.1 Å². The van der Waals surface area contributed by atoms with Crippen LogP contribution >= 0.6 is 22.6 Å². The molecule has 1 rings (SSSR count). The van der Waals surface area contributed by atoms with E-state index in [9.17, 15) is 9.18 Å². The maximum absolute atomic E-state index is 13.3. The number of nitrogens with one attached hydrogen (secondary N) is 1. The number of hydrogen-bond donors (Lipinski definition) is 1. The molecule has 0 saturated carbocycles. The molecular weight excluding hydrogens is 324 g/mol. The van der Waals surface area contributed by atoms with Gasteiger partial charge in [0.05, 0.1) is 6.61 Å². The highest BCUT2D eigenvalue weighted by Crippen LogP contribution is 2.21. The molecule has 0 heterocycles. The summed E-state index contributed by atoms with van der Waals surface area (Å²) in [4.78, 5) is 10.8. The summed E-state index contributed by atoms with van der Waals surface area (Å²) >= 11 is 1.85. The summed E-state index contributed by atoms with van der Waals surface area (Å²) in [6, 6.07) is 2.87. The second-order valence-corrected chi connectivity index (χ2v) is 4.63. The van der Waals surface area contributed by atoms with E-state index in [1.807, 2.05) is 29.5 Å². The molecule has 1 atom stereocenters. The highest BCUT2D eigenvalue weighted by atomic mass is 127. The first-order valence-corrected chi connectivity index (χ1v) is 5.86. The molecule has 1 aromatic carbocycles. The minimum absolute atomic E-state index is 0.0168. The average molecular weight is 337 g/mol. The predicted octanol–water partition coefficient (Wildman–Crippen LogP) is 2.69. The molecule has 0 aromatic heterocycles. The minimum Gasteiger partial charge on any atom is -0.383 e. The van der Waals surface area contributed by atoms with Gasteiger partial charge in [-0.15, -0.1) is 0 Å². The van der Waals surface area contributed by atoms with Crippen LogP contribution in [0.1, 0.15) is 17.3 Å². The summed E-state index contributed by atoms with van der Waals surface area (Å²) in [6.07, 6.45) is 0.712. The Morgan fingerprint density at radius 1 is 1.62 bits per heavy atom. The molecule has 1 aromatic rings. The lowest BCUT2D eigenvalue weighted by Gasteiger charge is -2.16. The summed E-state index contributed by atoms with van der Waals surface area (Å²) < 4.78 is 18.7. The second-order valence-electron chi connectivity index (χ2n) is 3.47. The number of carbonyl (C=O) groups excluding carboxylic acids is 1. The molecule has 0 aliphatic carbocycles. The highest BCUT2D eigenvalue weighted by molar-refractivity contribution is 14.1. The topological polar surface area (TPSA) is 38.3 Å². The van der Waals surface area contributed by atoms with E-state index in [2.05, 4.69) is 5.32 Å². The lowest BCUT2D eigenvalue weighted by atomic mass is 10.1. The molecule has 0 spiro atoms. The zero-order valence-electron chi connectivity index (χ0n) is 9.09. The molecular formula is C11H13FINO2. The molecule has 5 heteroatoms. The van der Waals surface area contributed by atoms with Gasteiger partial charge in [0.25, 0.3) is 0 Å². The van der Waals surface area contributed by atoms with Gasteiger partial charge in [0.2, 0.25) is 0 Å². The SMILES string of the molecule is COC[C@H](C)Nc1cc(F)c(I)cc1C=O. The van der Waals surface area contributed by atoms with Crippen molar-refractivity contribution in [2.45, 2.75) is 13.0 Å². The molecule has 0 bridgehead atoms. The first-order chi connectivity index (χ1) is 7.58. The predicted molar refractivity (Wildman–Crippen MR) is 69.5 cm³/mol. The number of benzene rings is 1. The number of ether oxygens (including phenoxy) is 1. The molecule has 3 nitrogen and oxygen atoms in total. The van der Waals surface area contributed by atoms with Gasteiger partial charge in [0.15, 0.2) is 6.29 Å². The Kier molecular flexibility index (Phi) is 5.14. The monoisotopic (exact) mass is 337 g/mol. The zero-order valence-corrected chi connectivity index (χ0v) is 11.2. The van der Waals surface area contributed by atoms with Crippen LogP contribution in [0.5, 0.6) is 0 Å². The molecule has 0 aliphatic rings. The summed E-state index contributed by atoms with van der Waals surface area (Å²) in [5, 5.41) is 3.03. The highest BCUT2D eigenvalue weighted by Gasteiger charge is 2.10. The first kappa shape index (κ1) is 13.4. The van der Waals surface area contributed by atoms with Crippen LogP contribution in [-0.4, -0.2) is 26.0 Å². The van der Waals surface area contributed by atoms with Gasteiger partial charge in [-0.3, -0.25) is 4.79 Å². The van der Waals surface area contributed by atoms with Crippen molar-refractivity contribution in [2.75, 3.05) is 19.0 Å². The second kappa shape index (κ2) is 6.15. The minimum atomic E-state index is -0.335. The van der Waals surface area contributed by atoms with Crippen molar-refractivity contribution >= 4 is 34.6 Å². The quantitative estimate of drug-likeness (QED) is 0.663. The van der Waals surface area contributed by atoms with Gasteiger partial charge in [0, 0.05) is 28.0 Å². The van der Waals surface area contributed by atoms with Crippen LogP contribution in [-0.2, 0) is 4.74 Å². The van der Waals surface area contributed by atoms with E-state index < -0.39 is 0 Å². The van der Waals surface area contributed by atoms with Gasteiger partial charge >= 0.3 is 0 Å². The Hall–Kier alpha value is -0.690. The number of aldehydes is 1. The smallest absolute Gasteiger partial charge is 0.152 e. The normalized spacial score (nSPS) is 12.2. The van der Waals surface area contributed by atoms with Gasteiger partial charge in [-0.1, -0.05) is 0 Å². The molecule has 0 fully saturated rings. The van der Waals surface area contributed by atoms with Crippen LogP contribution in [0, 0.1) is 9.39 Å². The Bertz CT molecular complexity index is 384. The van der Waals surface area contributed by atoms with Crippen molar-refractivity contribution in [3.63, 3.8) is 0 Å². The molecule has 0 radical (unpaired) electrons. The van der Waals surface area contributed by atoms with E-state index in [1.54, 1.807) is 7.11 Å². The fourth-order valence-corrected chi connectivity index (χ4v) is 1.83. The van der Waals surface area contributed by atoms with Crippen molar-refractivity contribution in [3.05, 3.63) is 27.1 Å². The number of anilines is 1. The summed E-state index contributed by atoms with van der Waals surface area (Å²) in [5.41, 5.74) is 0.950. The summed E-state index contributed by atoms with van der Waals surface area (Å²) in [7, 11) is 1.59. The third kappa shape index (κ3) is 3.41. The van der Waals surface area contributed by atoms with Gasteiger partial charge in [-0.25, -0.2) is 4.39 Å². The van der Waals surface area contributed by atoms with Gasteiger partial charge < -0.3 is 10.1 Å². The van der Waals surface area contributed by atoms with Gasteiger partial charge in [-0.2, -0.15) is 0 Å². The Morgan fingerprint density at radius 3 is 2.88 bits per heavy atom. The molecule has 1 N–H and O–H groups in total. The van der Waals surface area contributed by atoms with Crippen LogP contribution in [0.3, 0.4) is 0 Å². The average Bonchev–Trinajstić information content (AvgIpc) is 2.23. The van der Waals surface area contributed by atoms with Crippen molar-refractivity contribution in [1.29, 1.82) is 0 Å². The third-order valence-corrected chi connectivity index (χ3v) is 2.86. The standard InChI is InChI=1S/C11H13FINO2/c1-7(6-16-2)14-11-4-9(12)10(13)3-8(11)5-15/h3-5,7,14H,6H2,1-2H3/t7-/m0/s1. The van der Waals surface area contributed by atoms with Gasteiger partial charge in [0.1, 0.15) is 5.82 Å².